The molecule has 3 rings (SSSR count). The molecule has 1 aromatic carbocycles. The Hall–Kier alpha value is -3.52. The molecule has 0 saturated carbocycles. The van der Waals surface area contributed by atoms with Crippen molar-refractivity contribution in [2.45, 2.75) is 0 Å². The van der Waals surface area contributed by atoms with Crippen molar-refractivity contribution >= 4 is 0 Å². The molecule has 0 radical (unpaired) electrons. The fourth-order valence-electron chi connectivity index (χ4n) is 1.76. The monoisotopic (exact) mass is 262 g/mol. The van der Waals surface area contributed by atoms with Crippen LogP contribution in [-0.2, 0) is 0 Å². The third-order valence-corrected chi connectivity index (χ3v) is 2.65. The fraction of sp³-hybridized carbons (Fsp3) is 0. The Morgan fingerprint density at radius 1 is 1.05 bits per heavy atom. The largest absolute Gasteiger partial charge is 0.260 e. The molecule has 0 saturated heterocycles. The van der Waals surface area contributed by atoms with Crippen molar-refractivity contribution < 1.29 is 0 Å². The number of imidazole rings is 1. The summed E-state index contributed by atoms with van der Waals surface area (Å²) in [4.78, 5) is 3.87. The topological polar surface area (TPSA) is 109 Å². The van der Waals surface area contributed by atoms with Crippen LogP contribution >= 0.6 is 0 Å². The summed E-state index contributed by atoms with van der Waals surface area (Å²) in [6.07, 6.45) is 1.35. The molecule has 3 aromatic rings. The van der Waals surface area contributed by atoms with Gasteiger partial charge in [0.25, 0.3) is 5.95 Å². The third-order valence-electron chi connectivity index (χ3n) is 2.65. The van der Waals surface area contributed by atoms with E-state index in [1.165, 1.54) is 15.6 Å². The van der Waals surface area contributed by atoms with Gasteiger partial charge in [-0.3, -0.25) is 4.57 Å². The molecule has 8 nitrogen and oxygen atoms in total. The summed E-state index contributed by atoms with van der Waals surface area (Å²) in [5.74, 6) is 0.293. The van der Waals surface area contributed by atoms with Gasteiger partial charge >= 0.3 is 0 Å². The molecule has 8 heteroatoms. The Morgan fingerprint density at radius 2 is 1.85 bits per heavy atom. The van der Waals surface area contributed by atoms with Gasteiger partial charge in [-0.05, 0) is 22.6 Å². The van der Waals surface area contributed by atoms with Crippen molar-refractivity contribution in [3.63, 3.8) is 0 Å². The Balaban J connectivity index is 2.19. The maximum Gasteiger partial charge on any atom is 0.260 e. The van der Waals surface area contributed by atoms with Crippen LogP contribution in [0.5, 0.6) is 0 Å². The standard InChI is InChI=1S/C12H6N8/c13-6-10-11(7-14)19(8-15-10)12-16-17-18-20(12)9-4-2-1-3-5-9/h1-5,8H. The molecular formula is C12H6N8. The van der Waals surface area contributed by atoms with Crippen molar-refractivity contribution in [1.29, 1.82) is 10.5 Å². The number of aromatic nitrogens is 6. The number of benzene rings is 1. The highest BCUT2D eigenvalue weighted by Crippen LogP contribution is 2.14. The quantitative estimate of drug-likeness (QED) is 0.668. The van der Waals surface area contributed by atoms with E-state index < -0.39 is 0 Å². The summed E-state index contributed by atoms with van der Waals surface area (Å²) in [5.41, 5.74) is 0.873. The van der Waals surface area contributed by atoms with Gasteiger partial charge in [0.05, 0.1) is 5.69 Å². The van der Waals surface area contributed by atoms with Crippen LogP contribution in [0.25, 0.3) is 11.6 Å². The highest BCUT2D eigenvalue weighted by Gasteiger charge is 2.17. The second-order valence-corrected chi connectivity index (χ2v) is 3.76. The molecule has 94 valence electrons. The predicted octanol–water partition coefficient (Wildman–Crippen LogP) is 0.591. The Labute approximate surface area is 113 Å². The smallest absolute Gasteiger partial charge is 0.255 e. The zero-order valence-electron chi connectivity index (χ0n) is 10.0. The zero-order chi connectivity index (χ0) is 13.9. The number of nitriles is 2. The lowest BCUT2D eigenvalue weighted by molar-refractivity contribution is 0.770. The molecule has 20 heavy (non-hydrogen) atoms. The minimum Gasteiger partial charge on any atom is -0.255 e. The maximum atomic E-state index is 9.14. The van der Waals surface area contributed by atoms with Crippen LogP contribution in [0.4, 0.5) is 0 Å². The minimum absolute atomic E-state index is 0.0371. The number of nitrogens with zero attached hydrogens (tertiary/aromatic N) is 8. The van der Waals surface area contributed by atoms with Gasteiger partial charge < -0.3 is 0 Å². The summed E-state index contributed by atoms with van der Waals surface area (Å²) < 4.78 is 2.84. The van der Waals surface area contributed by atoms with Crippen molar-refractivity contribution in [1.82, 2.24) is 29.8 Å². The molecule has 0 aliphatic carbocycles. The number of rotatable bonds is 2. The third kappa shape index (κ3) is 1.69. The number of tetrazole rings is 1. The first kappa shape index (κ1) is 11.6. The second-order valence-electron chi connectivity index (χ2n) is 3.76. The molecule has 0 atom stereocenters. The predicted molar refractivity (Wildman–Crippen MR) is 65.7 cm³/mol. The van der Waals surface area contributed by atoms with Gasteiger partial charge in [-0.1, -0.05) is 23.3 Å². The first-order valence-corrected chi connectivity index (χ1v) is 5.57. The Kier molecular flexibility index (Phi) is 2.68. The van der Waals surface area contributed by atoms with Gasteiger partial charge in [0, 0.05) is 0 Å². The van der Waals surface area contributed by atoms with Crippen molar-refractivity contribution in [3.05, 3.63) is 48.0 Å². The molecule has 0 unspecified atom stereocenters. The minimum atomic E-state index is 0.0371. The molecule has 0 bridgehead atoms. The van der Waals surface area contributed by atoms with E-state index in [1.54, 1.807) is 0 Å². The fourth-order valence-corrected chi connectivity index (χ4v) is 1.76. The van der Waals surface area contributed by atoms with Crippen molar-refractivity contribution in [3.8, 4) is 23.8 Å². The molecule has 0 aliphatic rings. The van der Waals surface area contributed by atoms with E-state index in [4.69, 9.17) is 10.5 Å². The number of para-hydroxylation sites is 1. The van der Waals surface area contributed by atoms with Gasteiger partial charge in [-0.2, -0.15) is 15.2 Å². The summed E-state index contributed by atoms with van der Waals surface area (Å²) >= 11 is 0. The van der Waals surface area contributed by atoms with E-state index in [0.717, 1.165) is 5.69 Å². The van der Waals surface area contributed by atoms with Crippen LogP contribution in [0.2, 0.25) is 0 Å². The van der Waals surface area contributed by atoms with E-state index >= 15 is 0 Å². The summed E-state index contributed by atoms with van der Waals surface area (Å²) in [6.45, 7) is 0. The molecule has 2 aromatic heterocycles. The molecule has 0 aliphatic heterocycles. The maximum absolute atomic E-state index is 9.14. The van der Waals surface area contributed by atoms with Crippen LogP contribution in [0, 0.1) is 22.7 Å². The summed E-state index contributed by atoms with van der Waals surface area (Å²) in [6, 6.07) is 13.0. The van der Waals surface area contributed by atoms with Crippen LogP contribution < -0.4 is 0 Å². The van der Waals surface area contributed by atoms with Gasteiger partial charge in [0.2, 0.25) is 0 Å². The SMILES string of the molecule is N#Cc1ncn(-c2nnnn2-c2ccccc2)c1C#N. The lowest BCUT2D eigenvalue weighted by Crippen LogP contribution is -2.07. The lowest BCUT2D eigenvalue weighted by Gasteiger charge is -2.04. The molecule has 0 spiro atoms. The first-order valence-electron chi connectivity index (χ1n) is 5.57. The number of hydrogen-bond acceptors (Lipinski definition) is 6. The zero-order valence-corrected chi connectivity index (χ0v) is 10.0. The van der Waals surface area contributed by atoms with Gasteiger partial charge in [0.15, 0.2) is 11.4 Å². The molecule has 0 fully saturated rings. The van der Waals surface area contributed by atoms with Crippen LogP contribution in [0.15, 0.2) is 36.7 Å². The number of hydrogen-bond donors (Lipinski definition) is 0. The van der Waals surface area contributed by atoms with Gasteiger partial charge in [0.1, 0.15) is 18.5 Å². The van der Waals surface area contributed by atoms with Gasteiger partial charge in [-0.25, -0.2) is 4.98 Å². The molecule has 2 heterocycles. The van der Waals surface area contributed by atoms with E-state index in [2.05, 4.69) is 20.5 Å². The summed E-state index contributed by atoms with van der Waals surface area (Å²) in [7, 11) is 0. The average molecular weight is 262 g/mol. The molecule has 0 N–H and O–H groups in total. The Bertz CT molecular complexity index is 830. The first-order chi connectivity index (χ1) is 9.85. The van der Waals surface area contributed by atoms with E-state index in [-0.39, 0.29) is 11.4 Å². The lowest BCUT2D eigenvalue weighted by atomic mass is 10.3. The average Bonchev–Trinajstić information content (AvgIpc) is 3.13. The van der Waals surface area contributed by atoms with Crippen LogP contribution in [0.3, 0.4) is 0 Å². The Morgan fingerprint density at radius 3 is 2.55 bits per heavy atom. The van der Waals surface area contributed by atoms with E-state index in [9.17, 15) is 0 Å². The summed E-state index contributed by atoms with van der Waals surface area (Å²) in [5, 5.41) is 29.4. The second kappa shape index (κ2) is 4.63. The van der Waals surface area contributed by atoms with Crippen molar-refractivity contribution in [2.75, 3.05) is 0 Å². The van der Waals surface area contributed by atoms with E-state index in [0.29, 0.717) is 5.95 Å². The highest BCUT2D eigenvalue weighted by atomic mass is 15.6. The van der Waals surface area contributed by atoms with Crippen molar-refractivity contribution in [2.24, 2.45) is 0 Å². The molecule has 0 amide bonds. The van der Waals surface area contributed by atoms with Crippen LogP contribution in [0.1, 0.15) is 11.4 Å². The van der Waals surface area contributed by atoms with E-state index in [1.807, 2.05) is 42.5 Å². The van der Waals surface area contributed by atoms with Crippen LogP contribution in [-0.4, -0.2) is 29.8 Å². The normalized spacial score (nSPS) is 9.90. The molecular weight excluding hydrogens is 256 g/mol. The van der Waals surface area contributed by atoms with Gasteiger partial charge in [-0.15, -0.1) is 0 Å². The highest BCUT2D eigenvalue weighted by molar-refractivity contribution is 5.42.